The minimum atomic E-state index is 0.556. The standard InChI is InChI=1S/C28H21N3/c1-20(21-11-5-3-6-12-21)30-28(29-2)22-17-18-25-24-15-9-10-16-26(24)31(27(25)19-22)23-13-7-4-8-14-23/h3-19H,1-2H2. The quantitative estimate of drug-likeness (QED) is 0.232. The lowest BCUT2D eigenvalue weighted by atomic mass is 10.1. The first kappa shape index (κ1) is 18.8. The van der Waals surface area contributed by atoms with Gasteiger partial charge >= 0.3 is 0 Å². The minimum Gasteiger partial charge on any atom is -0.309 e. The van der Waals surface area contributed by atoms with E-state index in [1.54, 1.807) is 0 Å². The summed E-state index contributed by atoms with van der Waals surface area (Å²) in [6.45, 7) is 7.88. The van der Waals surface area contributed by atoms with E-state index >= 15 is 0 Å². The van der Waals surface area contributed by atoms with Gasteiger partial charge in [-0.25, -0.2) is 9.98 Å². The van der Waals surface area contributed by atoms with E-state index in [2.05, 4.69) is 94.6 Å². The molecule has 0 aliphatic rings. The molecule has 0 aliphatic carbocycles. The van der Waals surface area contributed by atoms with Gasteiger partial charge in [0.25, 0.3) is 0 Å². The number of rotatable bonds is 4. The summed E-state index contributed by atoms with van der Waals surface area (Å²) >= 11 is 0. The number of aliphatic imine (C=N–C) groups is 2. The molecule has 0 saturated heterocycles. The Kier molecular flexibility index (Phi) is 4.77. The van der Waals surface area contributed by atoms with E-state index in [0.29, 0.717) is 11.5 Å². The van der Waals surface area contributed by atoms with Gasteiger partial charge in [-0.05, 0) is 36.5 Å². The largest absolute Gasteiger partial charge is 0.309 e. The summed E-state index contributed by atoms with van der Waals surface area (Å²) in [4.78, 5) is 8.90. The summed E-state index contributed by atoms with van der Waals surface area (Å²) in [7, 11) is 0. The van der Waals surface area contributed by atoms with Crippen molar-refractivity contribution >= 4 is 40.1 Å². The highest BCUT2D eigenvalue weighted by molar-refractivity contribution is 6.12. The zero-order valence-electron chi connectivity index (χ0n) is 17.1. The summed E-state index contributed by atoms with van der Waals surface area (Å²) in [6.07, 6.45) is 0. The van der Waals surface area contributed by atoms with E-state index in [4.69, 9.17) is 0 Å². The van der Waals surface area contributed by atoms with Gasteiger partial charge in [0.1, 0.15) is 0 Å². The van der Waals surface area contributed by atoms with Crippen LogP contribution in [0.2, 0.25) is 0 Å². The number of hydrogen-bond acceptors (Lipinski definition) is 1. The van der Waals surface area contributed by atoms with Crippen LogP contribution in [0.4, 0.5) is 0 Å². The highest BCUT2D eigenvalue weighted by Crippen LogP contribution is 2.32. The Morgan fingerprint density at radius 2 is 1.29 bits per heavy atom. The molecular weight excluding hydrogens is 378 g/mol. The summed E-state index contributed by atoms with van der Waals surface area (Å²) in [5, 5.41) is 2.40. The third-order valence-electron chi connectivity index (χ3n) is 5.44. The van der Waals surface area contributed by atoms with Crippen LogP contribution < -0.4 is 0 Å². The van der Waals surface area contributed by atoms with Gasteiger partial charge < -0.3 is 4.57 Å². The third-order valence-corrected chi connectivity index (χ3v) is 5.44. The predicted octanol–water partition coefficient (Wildman–Crippen LogP) is 6.90. The Hall–Kier alpha value is -4.24. The van der Waals surface area contributed by atoms with E-state index in [1.165, 1.54) is 16.3 Å². The van der Waals surface area contributed by atoms with Crippen molar-refractivity contribution in [2.45, 2.75) is 0 Å². The van der Waals surface area contributed by atoms with Gasteiger partial charge in [0.15, 0.2) is 5.84 Å². The summed E-state index contributed by atoms with van der Waals surface area (Å²) in [5.74, 6) is 0.556. The second kappa shape index (κ2) is 7.88. The lowest BCUT2D eigenvalue weighted by Gasteiger charge is -2.09. The molecule has 3 nitrogen and oxygen atoms in total. The first-order chi connectivity index (χ1) is 15.3. The summed E-state index contributed by atoms with van der Waals surface area (Å²) < 4.78 is 2.28. The van der Waals surface area contributed by atoms with Crippen LogP contribution in [-0.2, 0) is 0 Å². The molecule has 0 N–H and O–H groups in total. The zero-order chi connectivity index (χ0) is 21.2. The van der Waals surface area contributed by atoms with Gasteiger partial charge in [-0.3, -0.25) is 0 Å². The fourth-order valence-electron chi connectivity index (χ4n) is 3.98. The number of aromatic nitrogens is 1. The van der Waals surface area contributed by atoms with E-state index in [-0.39, 0.29) is 0 Å². The minimum absolute atomic E-state index is 0.556. The fourth-order valence-corrected chi connectivity index (χ4v) is 3.98. The zero-order valence-corrected chi connectivity index (χ0v) is 17.1. The molecule has 1 aromatic heterocycles. The monoisotopic (exact) mass is 399 g/mol. The van der Waals surface area contributed by atoms with Crippen LogP contribution in [0, 0.1) is 0 Å². The Morgan fingerprint density at radius 3 is 2.03 bits per heavy atom. The fraction of sp³-hybridized carbons (Fsp3) is 0. The van der Waals surface area contributed by atoms with Crippen molar-refractivity contribution in [1.29, 1.82) is 0 Å². The van der Waals surface area contributed by atoms with Crippen LogP contribution in [0.15, 0.2) is 120 Å². The van der Waals surface area contributed by atoms with Crippen LogP contribution in [0.25, 0.3) is 33.2 Å². The van der Waals surface area contributed by atoms with E-state index in [1.807, 2.05) is 36.4 Å². The average molecular weight is 399 g/mol. The van der Waals surface area contributed by atoms with Crippen molar-refractivity contribution in [2.24, 2.45) is 9.98 Å². The van der Waals surface area contributed by atoms with Gasteiger partial charge in [-0.15, -0.1) is 0 Å². The SMILES string of the molecule is C=NC(=NC(=C)c1ccccc1)c1ccc2c3ccccc3n(-c3ccccc3)c2c1. The molecule has 0 fully saturated rings. The normalized spacial score (nSPS) is 11.7. The van der Waals surface area contributed by atoms with Crippen molar-refractivity contribution in [3.05, 3.63) is 121 Å². The molecule has 0 saturated carbocycles. The Bertz CT molecular complexity index is 1440. The maximum atomic E-state index is 4.68. The molecule has 0 atom stereocenters. The lowest BCUT2D eigenvalue weighted by Crippen LogP contribution is -1.99. The topological polar surface area (TPSA) is 29.6 Å². The smallest absolute Gasteiger partial charge is 0.159 e. The van der Waals surface area contributed by atoms with Gasteiger partial charge in [0.05, 0.1) is 16.7 Å². The summed E-state index contributed by atoms with van der Waals surface area (Å²) in [5.41, 5.74) is 5.91. The van der Waals surface area contributed by atoms with Crippen molar-refractivity contribution in [3.8, 4) is 5.69 Å². The summed E-state index contributed by atoms with van der Waals surface area (Å²) in [6, 6.07) is 35.1. The van der Waals surface area contributed by atoms with Crippen LogP contribution in [0.3, 0.4) is 0 Å². The molecule has 0 bridgehead atoms. The number of fused-ring (bicyclic) bond motifs is 3. The Balaban J connectivity index is 1.71. The third kappa shape index (κ3) is 3.36. The molecule has 4 aromatic carbocycles. The second-order valence-corrected chi connectivity index (χ2v) is 7.33. The van der Waals surface area contributed by atoms with Crippen LogP contribution >= 0.6 is 0 Å². The number of amidine groups is 1. The molecule has 5 rings (SSSR count). The molecule has 0 spiro atoms. The maximum absolute atomic E-state index is 4.68. The molecule has 0 aliphatic heterocycles. The Morgan fingerprint density at radius 1 is 0.645 bits per heavy atom. The van der Waals surface area contributed by atoms with Gasteiger partial charge in [0, 0.05) is 22.0 Å². The molecule has 148 valence electrons. The number of nitrogens with zero attached hydrogens (tertiary/aromatic N) is 3. The second-order valence-electron chi connectivity index (χ2n) is 7.33. The predicted molar refractivity (Wildman–Crippen MR) is 132 cm³/mol. The average Bonchev–Trinajstić information content (AvgIpc) is 3.17. The Labute approximate surface area is 181 Å². The molecule has 3 heteroatoms. The van der Waals surface area contributed by atoms with Gasteiger partial charge in [-0.2, -0.15) is 0 Å². The van der Waals surface area contributed by atoms with E-state index in [9.17, 15) is 0 Å². The van der Waals surface area contributed by atoms with Crippen LogP contribution in [0.5, 0.6) is 0 Å². The molecule has 0 amide bonds. The highest BCUT2D eigenvalue weighted by Gasteiger charge is 2.14. The van der Waals surface area contributed by atoms with Crippen molar-refractivity contribution in [2.75, 3.05) is 0 Å². The van der Waals surface area contributed by atoms with Crippen molar-refractivity contribution < 1.29 is 0 Å². The molecular formula is C28H21N3. The van der Waals surface area contributed by atoms with Crippen LogP contribution in [0.1, 0.15) is 11.1 Å². The molecule has 5 aromatic rings. The lowest BCUT2D eigenvalue weighted by molar-refractivity contribution is 1.18. The number of benzene rings is 4. The molecule has 31 heavy (non-hydrogen) atoms. The molecule has 0 radical (unpaired) electrons. The van der Waals surface area contributed by atoms with Crippen LogP contribution in [-0.4, -0.2) is 17.1 Å². The highest BCUT2D eigenvalue weighted by atomic mass is 15.0. The van der Waals surface area contributed by atoms with E-state index in [0.717, 1.165) is 22.3 Å². The molecule has 1 heterocycles. The first-order valence-corrected chi connectivity index (χ1v) is 10.1. The maximum Gasteiger partial charge on any atom is 0.159 e. The molecule has 0 unspecified atom stereocenters. The van der Waals surface area contributed by atoms with Gasteiger partial charge in [-0.1, -0.05) is 85.4 Å². The van der Waals surface area contributed by atoms with Crippen molar-refractivity contribution in [1.82, 2.24) is 4.57 Å². The number of hydrogen-bond donors (Lipinski definition) is 0. The first-order valence-electron chi connectivity index (χ1n) is 10.1. The number of para-hydroxylation sites is 2. The van der Waals surface area contributed by atoms with E-state index < -0.39 is 0 Å². The van der Waals surface area contributed by atoms with Crippen molar-refractivity contribution in [3.63, 3.8) is 0 Å². The van der Waals surface area contributed by atoms with Gasteiger partial charge in [0.2, 0.25) is 0 Å².